The van der Waals surface area contributed by atoms with Gasteiger partial charge in [-0.2, -0.15) is 5.10 Å². The molecule has 0 bridgehead atoms. The van der Waals surface area contributed by atoms with Gasteiger partial charge in [0, 0.05) is 31.2 Å². The van der Waals surface area contributed by atoms with Gasteiger partial charge in [-0.15, -0.1) is 0 Å². The van der Waals surface area contributed by atoms with Crippen LogP contribution in [0.15, 0.2) is 12.3 Å². The summed E-state index contributed by atoms with van der Waals surface area (Å²) in [6.07, 6.45) is 1.94. The van der Waals surface area contributed by atoms with Gasteiger partial charge >= 0.3 is 0 Å². The fraction of sp³-hybridized carbons (Fsp3) is 0.600. The number of rotatable bonds is 3. The van der Waals surface area contributed by atoms with E-state index in [0.29, 0.717) is 6.04 Å². The van der Waals surface area contributed by atoms with Gasteiger partial charge in [-0.1, -0.05) is 20.8 Å². The zero-order valence-corrected chi connectivity index (χ0v) is 12.8. The number of aromatic nitrogens is 3. The standard InChI is InChI=1S/C15H24N4/c1-10-13-7-12(8-16-11(2)15(3,4)5)9-17-14(13)19(6)18-10/h7,9,11,16H,8H2,1-6H3. The number of pyridine rings is 1. The average Bonchev–Trinajstić information content (AvgIpc) is 2.60. The summed E-state index contributed by atoms with van der Waals surface area (Å²) in [6, 6.07) is 2.64. The van der Waals surface area contributed by atoms with Crippen molar-refractivity contribution in [2.75, 3.05) is 0 Å². The molecule has 0 fully saturated rings. The van der Waals surface area contributed by atoms with E-state index in [4.69, 9.17) is 0 Å². The second-order valence-corrected chi connectivity index (χ2v) is 6.39. The summed E-state index contributed by atoms with van der Waals surface area (Å²) in [5, 5.41) is 9.11. The Morgan fingerprint density at radius 1 is 1.37 bits per heavy atom. The fourth-order valence-corrected chi connectivity index (χ4v) is 2.02. The van der Waals surface area contributed by atoms with Crippen molar-refractivity contribution < 1.29 is 0 Å². The van der Waals surface area contributed by atoms with Crippen LogP contribution in [-0.2, 0) is 13.6 Å². The van der Waals surface area contributed by atoms with Crippen LogP contribution in [0.25, 0.3) is 11.0 Å². The first-order valence-corrected chi connectivity index (χ1v) is 6.80. The van der Waals surface area contributed by atoms with Crippen molar-refractivity contribution in [3.63, 3.8) is 0 Å². The minimum atomic E-state index is 0.266. The lowest BCUT2D eigenvalue weighted by molar-refractivity contribution is 0.285. The molecule has 1 N–H and O–H groups in total. The molecule has 2 aromatic rings. The van der Waals surface area contributed by atoms with Crippen molar-refractivity contribution in [2.24, 2.45) is 12.5 Å². The van der Waals surface area contributed by atoms with Crippen LogP contribution in [0.5, 0.6) is 0 Å². The first-order valence-electron chi connectivity index (χ1n) is 6.80. The summed E-state index contributed by atoms with van der Waals surface area (Å²) in [4.78, 5) is 4.50. The third-order valence-electron chi connectivity index (χ3n) is 3.83. The Kier molecular flexibility index (Phi) is 3.63. The fourth-order valence-electron chi connectivity index (χ4n) is 2.02. The normalized spacial score (nSPS) is 14.0. The number of fused-ring (bicyclic) bond motifs is 1. The quantitative estimate of drug-likeness (QED) is 0.922. The Morgan fingerprint density at radius 2 is 2.05 bits per heavy atom. The van der Waals surface area contributed by atoms with Crippen LogP contribution in [0.3, 0.4) is 0 Å². The topological polar surface area (TPSA) is 42.7 Å². The molecule has 1 atom stereocenters. The van der Waals surface area contributed by atoms with Crippen molar-refractivity contribution in [3.05, 3.63) is 23.5 Å². The van der Waals surface area contributed by atoms with Gasteiger partial charge in [0.15, 0.2) is 5.65 Å². The van der Waals surface area contributed by atoms with Gasteiger partial charge < -0.3 is 5.32 Å². The highest BCUT2D eigenvalue weighted by Crippen LogP contribution is 2.20. The van der Waals surface area contributed by atoms with E-state index in [9.17, 15) is 0 Å². The van der Waals surface area contributed by atoms with Crippen LogP contribution >= 0.6 is 0 Å². The number of aryl methyl sites for hydroxylation is 2. The molecule has 2 aromatic heterocycles. The maximum absolute atomic E-state index is 4.50. The minimum absolute atomic E-state index is 0.266. The van der Waals surface area contributed by atoms with Crippen molar-refractivity contribution in [1.82, 2.24) is 20.1 Å². The molecule has 4 nitrogen and oxygen atoms in total. The van der Waals surface area contributed by atoms with E-state index in [1.54, 1.807) is 0 Å². The SMILES string of the molecule is Cc1nn(C)c2ncc(CNC(C)C(C)(C)C)cc12. The molecule has 0 amide bonds. The monoisotopic (exact) mass is 260 g/mol. The van der Waals surface area contributed by atoms with Gasteiger partial charge in [0.1, 0.15) is 0 Å². The van der Waals surface area contributed by atoms with Crippen LogP contribution in [0.2, 0.25) is 0 Å². The van der Waals surface area contributed by atoms with E-state index in [0.717, 1.165) is 23.3 Å². The molecule has 4 heteroatoms. The number of hydrogen-bond donors (Lipinski definition) is 1. The highest BCUT2D eigenvalue weighted by molar-refractivity contribution is 5.78. The lowest BCUT2D eigenvalue weighted by Gasteiger charge is -2.28. The minimum Gasteiger partial charge on any atom is -0.310 e. The first kappa shape index (κ1) is 14.0. The molecule has 0 aromatic carbocycles. The molecule has 0 saturated heterocycles. The maximum Gasteiger partial charge on any atom is 0.157 e. The predicted molar refractivity (Wildman–Crippen MR) is 79.0 cm³/mol. The van der Waals surface area contributed by atoms with Crippen molar-refractivity contribution in [2.45, 2.75) is 47.2 Å². The largest absolute Gasteiger partial charge is 0.310 e. The molecule has 2 heterocycles. The summed E-state index contributed by atoms with van der Waals surface area (Å²) < 4.78 is 1.83. The second-order valence-electron chi connectivity index (χ2n) is 6.39. The summed E-state index contributed by atoms with van der Waals surface area (Å²) in [5.74, 6) is 0. The van der Waals surface area contributed by atoms with E-state index >= 15 is 0 Å². The molecule has 2 rings (SSSR count). The van der Waals surface area contributed by atoms with Gasteiger partial charge in [0.2, 0.25) is 0 Å². The molecular formula is C15H24N4. The van der Waals surface area contributed by atoms with Crippen molar-refractivity contribution in [1.29, 1.82) is 0 Å². The summed E-state index contributed by atoms with van der Waals surface area (Å²) >= 11 is 0. The molecule has 19 heavy (non-hydrogen) atoms. The smallest absolute Gasteiger partial charge is 0.157 e. The Hall–Kier alpha value is -1.42. The van der Waals surface area contributed by atoms with Crippen LogP contribution in [0, 0.1) is 12.3 Å². The highest BCUT2D eigenvalue weighted by atomic mass is 15.3. The van der Waals surface area contributed by atoms with Crippen LogP contribution in [0.4, 0.5) is 0 Å². The van der Waals surface area contributed by atoms with E-state index in [1.165, 1.54) is 5.56 Å². The van der Waals surface area contributed by atoms with E-state index in [2.05, 4.69) is 49.2 Å². The lowest BCUT2D eigenvalue weighted by Crippen LogP contribution is -2.37. The van der Waals surface area contributed by atoms with Crippen molar-refractivity contribution >= 4 is 11.0 Å². The van der Waals surface area contributed by atoms with Crippen LogP contribution in [-0.4, -0.2) is 20.8 Å². The Labute approximate surface area is 115 Å². The lowest BCUT2D eigenvalue weighted by atomic mass is 9.88. The third kappa shape index (κ3) is 2.95. The zero-order valence-electron chi connectivity index (χ0n) is 12.8. The van der Waals surface area contributed by atoms with Gasteiger partial charge in [0.25, 0.3) is 0 Å². The van der Waals surface area contributed by atoms with Crippen LogP contribution in [0.1, 0.15) is 39.0 Å². The van der Waals surface area contributed by atoms with Gasteiger partial charge in [-0.25, -0.2) is 4.98 Å². The summed E-state index contributed by atoms with van der Waals surface area (Å²) in [7, 11) is 1.93. The molecule has 0 aliphatic heterocycles. The third-order valence-corrected chi connectivity index (χ3v) is 3.83. The van der Waals surface area contributed by atoms with Crippen LogP contribution < -0.4 is 5.32 Å². The molecule has 0 radical (unpaired) electrons. The Bertz CT molecular complexity index is 578. The van der Waals surface area contributed by atoms with Gasteiger partial charge in [0.05, 0.1) is 5.69 Å². The Morgan fingerprint density at radius 3 is 2.68 bits per heavy atom. The van der Waals surface area contributed by atoms with Crippen molar-refractivity contribution in [3.8, 4) is 0 Å². The van der Waals surface area contributed by atoms with Gasteiger partial charge in [-0.05, 0) is 30.9 Å². The molecule has 1 unspecified atom stereocenters. The number of nitrogens with one attached hydrogen (secondary N) is 1. The second kappa shape index (κ2) is 4.93. The maximum atomic E-state index is 4.50. The Balaban J connectivity index is 2.16. The number of hydrogen-bond acceptors (Lipinski definition) is 3. The highest BCUT2D eigenvalue weighted by Gasteiger charge is 2.19. The molecule has 0 saturated carbocycles. The van der Waals surface area contributed by atoms with Gasteiger partial charge in [-0.3, -0.25) is 4.68 Å². The molecule has 0 aliphatic rings. The predicted octanol–water partition coefficient (Wildman–Crippen LogP) is 2.80. The van der Waals surface area contributed by atoms with E-state index in [1.807, 2.05) is 24.9 Å². The molecule has 0 spiro atoms. The van der Waals surface area contributed by atoms with E-state index < -0.39 is 0 Å². The average molecular weight is 260 g/mol. The summed E-state index contributed by atoms with van der Waals surface area (Å²) in [6.45, 7) is 11.8. The molecular weight excluding hydrogens is 236 g/mol. The zero-order chi connectivity index (χ0) is 14.2. The summed E-state index contributed by atoms with van der Waals surface area (Å²) in [5.41, 5.74) is 3.46. The molecule has 104 valence electrons. The first-order chi connectivity index (χ1) is 8.79. The van der Waals surface area contributed by atoms with E-state index in [-0.39, 0.29) is 5.41 Å². The molecule has 0 aliphatic carbocycles. The number of nitrogens with zero attached hydrogens (tertiary/aromatic N) is 3.